The molecule has 0 fully saturated rings. The van der Waals surface area contributed by atoms with Crippen molar-refractivity contribution in [2.75, 3.05) is 46.2 Å². The van der Waals surface area contributed by atoms with Gasteiger partial charge in [-0.15, -0.1) is 0 Å². The number of carbonyl (C=O) groups excluding carboxylic acids is 2. The highest BCUT2D eigenvalue weighted by Crippen LogP contribution is 2.51. The molecule has 0 spiro atoms. The highest BCUT2D eigenvalue weighted by Gasteiger charge is 2.37. The SMILES string of the molecule is CCCCOCCOCCOCCCNC(=O)CCC(=O)NC(C)P(=O)(Oc1ccccc1)Oc1ccccc1. The van der Waals surface area contributed by atoms with Crippen LogP contribution in [0.15, 0.2) is 60.7 Å². The highest BCUT2D eigenvalue weighted by atomic mass is 31.2. The highest BCUT2D eigenvalue weighted by molar-refractivity contribution is 7.55. The number of benzene rings is 2. The van der Waals surface area contributed by atoms with Crippen molar-refractivity contribution in [3.63, 3.8) is 0 Å². The molecule has 11 heteroatoms. The van der Waals surface area contributed by atoms with Crippen LogP contribution in [0.3, 0.4) is 0 Å². The molecule has 2 aromatic carbocycles. The Kier molecular flexibility index (Phi) is 16.7. The van der Waals surface area contributed by atoms with E-state index in [0.29, 0.717) is 57.5 Å². The number of carbonyl (C=O) groups is 2. The Labute approximate surface area is 237 Å². The van der Waals surface area contributed by atoms with Crippen molar-refractivity contribution in [3.8, 4) is 11.5 Å². The smallest absolute Gasteiger partial charge is 0.415 e. The molecule has 2 aromatic rings. The molecule has 0 aliphatic heterocycles. The Hall–Kier alpha value is -2.91. The molecule has 2 rings (SSSR count). The lowest BCUT2D eigenvalue weighted by Crippen LogP contribution is -2.36. The van der Waals surface area contributed by atoms with Gasteiger partial charge in [-0.2, -0.15) is 0 Å². The summed E-state index contributed by atoms with van der Waals surface area (Å²) in [6.07, 6.45) is 2.75. The van der Waals surface area contributed by atoms with Crippen molar-refractivity contribution in [1.82, 2.24) is 10.6 Å². The second kappa shape index (κ2) is 20.0. The molecule has 0 aliphatic rings. The van der Waals surface area contributed by atoms with Crippen LogP contribution in [-0.4, -0.2) is 63.8 Å². The molecule has 10 nitrogen and oxygen atoms in total. The van der Waals surface area contributed by atoms with Crippen molar-refractivity contribution in [2.45, 2.75) is 51.7 Å². The van der Waals surface area contributed by atoms with E-state index in [-0.39, 0.29) is 18.7 Å². The third kappa shape index (κ3) is 14.5. The Morgan fingerprint density at radius 1 is 0.725 bits per heavy atom. The van der Waals surface area contributed by atoms with Gasteiger partial charge in [0.15, 0.2) is 5.78 Å². The zero-order chi connectivity index (χ0) is 28.9. The summed E-state index contributed by atoms with van der Waals surface area (Å²) in [7, 11) is -3.86. The first-order valence-corrected chi connectivity index (χ1v) is 15.4. The van der Waals surface area contributed by atoms with Crippen LogP contribution < -0.4 is 19.7 Å². The predicted molar refractivity (Wildman–Crippen MR) is 154 cm³/mol. The second-order valence-corrected chi connectivity index (χ2v) is 11.2. The van der Waals surface area contributed by atoms with E-state index in [4.69, 9.17) is 23.3 Å². The van der Waals surface area contributed by atoms with Crippen molar-refractivity contribution >= 4 is 19.4 Å². The maximum atomic E-state index is 13.7. The van der Waals surface area contributed by atoms with Crippen LogP contribution in [0.1, 0.15) is 46.0 Å². The van der Waals surface area contributed by atoms with Gasteiger partial charge in [0, 0.05) is 32.6 Å². The molecule has 1 unspecified atom stereocenters. The number of para-hydroxylation sites is 2. The normalized spacial score (nSPS) is 11.9. The largest absolute Gasteiger partial charge is 0.452 e. The van der Waals surface area contributed by atoms with Gasteiger partial charge in [-0.1, -0.05) is 49.7 Å². The molecule has 0 radical (unpaired) electrons. The summed E-state index contributed by atoms with van der Waals surface area (Å²) in [4.78, 5) is 24.7. The number of amides is 2. The first-order chi connectivity index (χ1) is 19.4. The lowest BCUT2D eigenvalue weighted by atomic mass is 10.2. The summed E-state index contributed by atoms with van der Waals surface area (Å²) < 4.78 is 41.5. The maximum absolute atomic E-state index is 13.7. The molecule has 0 bridgehead atoms. The van der Waals surface area contributed by atoms with Crippen LogP contribution in [0.5, 0.6) is 11.5 Å². The van der Waals surface area contributed by atoms with Crippen molar-refractivity contribution in [1.29, 1.82) is 0 Å². The lowest BCUT2D eigenvalue weighted by Gasteiger charge is -2.25. The second-order valence-electron chi connectivity index (χ2n) is 8.99. The van der Waals surface area contributed by atoms with Gasteiger partial charge in [-0.3, -0.25) is 9.59 Å². The summed E-state index contributed by atoms with van der Waals surface area (Å²) in [6.45, 7) is 7.48. The summed E-state index contributed by atoms with van der Waals surface area (Å²) in [5.74, 6) is -0.941. The number of rotatable bonds is 22. The Morgan fingerprint density at radius 2 is 1.20 bits per heavy atom. The van der Waals surface area contributed by atoms with E-state index in [0.717, 1.165) is 19.4 Å². The molecule has 0 aromatic heterocycles. The van der Waals surface area contributed by atoms with Crippen molar-refractivity contribution in [2.24, 2.45) is 0 Å². The van der Waals surface area contributed by atoms with Gasteiger partial charge in [0.05, 0.1) is 26.4 Å². The molecule has 0 saturated heterocycles. The summed E-state index contributed by atoms with van der Waals surface area (Å²) in [6, 6.07) is 17.2. The van der Waals surface area contributed by atoms with Crippen LogP contribution >= 0.6 is 7.60 Å². The average molecular weight is 579 g/mol. The molecule has 0 heterocycles. The molecule has 0 aliphatic carbocycles. The number of hydrogen-bond acceptors (Lipinski definition) is 8. The van der Waals surface area contributed by atoms with E-state index in [9.17, 15) is 14.2 Å². The summed E-state index contributed by atoms with van der Waals surface area (Å²) >= 11 is 0. The third-order valence-corrected chi connectivity index (χ3v) is 7.56. The van der Waals surface area contributed by atoms with E-state index < -0.39 is 19.3 Å². The molecular formula is C29H43N2O8P. The monoisotopic (exact) mass is 578 g/mol. The van der Waals surface area contributed by atoms with Crippen molar-refractivity contribution in [3.05, 3.63) is 60.7 Å². The zero-order valence-corrected chi connectivity index (χ0v) is 24.4. The zero-order valence-electron chi connectivity index (χ0n) is 23.5. The minimum atomic E-state index is -3.86. The van der Waals surface area contributed by atoms with Gasteiger partial charge in [0.1, 0.15) is 11.5 Å². The molecule has 222 valence electrons. The van der Waals surface area contributed by atoms with Crippen LogP contribution in [0.25, 0.3) is 0 Å². The number of ether oxygens (including phenoxy) is 3. The fourth-order valence-corrected chi connectivity index (χ4v) is 4.81. The van der Waals surface area contributed by atoms with E-state index in [1.165, 1.54) is 0 Å². The molecular weight excluding hydrogens is 535 g/mol. The Bertz CT molecular complexity index is 964. The quantitative estimate of drug-likeness (QED) is 0.149. The first-order valence-electron chi connectivity index (χ1n) is 13.8. The molecule has 2 N–H and O–H groups in total. The standard InChI is InChI=1S/C29H43N2O8P/c1-3-4-19-35-21-23-37-24-22-36-20-11-18-30-28(32)16-17-29(33)31-25(2)40(34,38-26-12-7-5-8-13-26)39-27-14-9-6-10-15-27/h5-10,12-15,25H,3-4,11,16-24H2,1-2H3,(H,30,32)(H,31,33). The first kappa shape index (κ1) is 33.3. The summed E-state index contributed by atoms with van der Waals surface area (Å²) in [5, 5.41) is 5.43. The van der Waals surface area contributed by atoms with Gasteiger partial charge in [0.25, 0.3) is 0 Å². The van der Waals surface area contributed by atoms with Gasteiger partial charge in [-0.25, -0.2) is 4.57 Å². The van der Waals surface area contributed by atoms with Crippen LogP contribution in [-0.2, 0) is 28.4 Å². The lowest BCUT2D eigenvalue weighted by molar-refractivity contribution is -0.126. The van der Waals surface area contributed by atoms with E-state index in [1.807, 2.05) is 12.1 Å². The topological polar surface area (TPSA) is 121 Å². The Balaban J connectivity index is 1.63. The molecule has 1 atom stereocenters. The van der Waals surface area contributed by atoms with E-state index in [2.05, 4.69) is 17.6 Å². The van der Waals surface area contributed by atoms with E-state index in [1.54, 1.807) is 55.5 Å². The van der Waals surface area contributed by atoms with Crippen LogP contribution in [0.4, 0.5) is 0 Å². The molecule has 0 saturated carbocycles. The predicted octanol–water partition coefficient (Wildman–Crippen LogP) is 4.94. The van der Waals surface area contributed by atoms with Gasteiger partial charge in [0.2, 0.25) is 11.8 Å². The summed E-state index contributed by atoms with van der Waals surface area (Å²) in [5.41, 5.74) is 0. The van der Waals surface area contributed by atoms with Gasteiger partial charge < -0.3 is 33.9 Å². The fourth-order valence-electron chi connectivity index (χ4n) is 3.32. The van der Waals surface area contributed by atoms with Crippen molar-refractivity contribution < 1.29 is 37.4 Å². The number of hydrogen-bond donors (Lipinski definition) is 2. The van der Waals surface area contributed by atoms with E-state index >= 15 is 0 Å². The fraction of sp³-hybridized carbons (Fsp3) is 0.517. The third-order valence-electron chi connectivity index (χ3n) is 5.55. The molecule has 2 amide bonds. The Morgan fingerprint density at radius 3 is 1.73 bits per heavy atom. The number of nitrogens with one attached hydrogen (secondary N) is 2. The number of unbranched alkanes of at least 4 members (excludes halogenated alkanes) is 1. The van der Waals surface area contributed by atoms with Crippen LogP contribution in [0, 0.1) is 0 Å². The van der Waals surface area contributed by atoms with Gasteiger partial charge >= 0.3 is 7.60 Å². The maximum Gasteiger partial charge on any atom is 0.452 e. The minimum Gasteiger partial charge on any atom is -0.415 e. The molecule has 40 heavy (non-hydrogen) atoms. The minimum absolute atomic E-state index is 0.00301. The van der Waals surface area contributed by atoms with Crippen LogP contribution in [0.2, 0.25) is 0 Å². The average Bonchev–Trinajstić information content (AvgIpc) is 2.95. The van der Waals surface area contributed by atoms with Gasteiger partial charge in [-0.05, 0) is 44.0 Å².